The van der Waals surface area contributed by atoms with E-state index in [1.54, 1.807) is 0 Å². The van der Waals surface area contributed by atoms with Gasteiger partial charge in [0.05, 0.1) is 0 Å². The first-order valence-corrected chi connectivity index (χ1v) is 5.24. The van der Waals surface area contributed by atoms with E-state index in [9.17, 15) is 0 Å². The zero-order valence-corrected chi connectivity index (χ0v) is 8.90. The van der Waals surface area contributed by atoms with E-state index in [-0.39, 0.29) is 0 Å². The van der Waals surface area contributed by atoms with Crippen molar-refractivity contribution in [3.05, 3.63) is 23.8 Å². The molecule has 0 aromatic carbocycles. The second kappa shape index (κ2) is 4.05. The molecule has 0 radical (unpaired) electrons. The van der Waals surface area contributed by atoms with Crippen LogP contribution in [0.4, 0.5) is 0 Å². The molecule has 0 saturated carbocycles. The van der Waals surface area contributed by atoms with Crippen LogP contribution in [0, 0.1) is 6.92 Å². The number of rotatable bonds is 1. The number of nitrogens with zero attached hydrogens (tertiary/aromatic N) is 3. The highest BCUT2D eigenvalue weighted by atomic mass is 15.1. The maximum absolute atomic E-state index is 4.49. The lowest BCUT2D eigenvalue weighted by Crippen LogP contribution is -2.31. The van der Waals surface area contributed by atoms with Crippen molar-refractivity contribution in [1.29, 1.82) is 0 Å². The van der Waals surface area contributed by atoms with Crippen LogP contribution in [-0.2, 0) is 0 Å². The molecule has 1 aliphatic rings. The summed E-state index contributed by atoms with van der Waals surface area (Å²) in [6.45, 7) is 4.31. The maximum Gasteiger partial charge on any atom is 0.125 e. The Hall–Kier alpha value is -0.960. The third-order valence-corrected chi connectivity index (χ3v) is 2.84. The van der Waals surface area contributed by atoms with E-state index in [4.69, 9.17) is 0 Å². The number of likely N-dealkylation sites (tertiary alicyclic amines) is 1. The monoisotopic (exact) mass is 191 g/mol. The van der Waals surface area contributed by atoms with Gasteiger partial charge in [-0.05, 0) is 39.4 Å². The normalized spacial score (nSPS) is 23.7. The predicted octanol–water partition coefficient (Wildman–Crippen LogP) is 1.59. The molecule has 0 N–H and O–H groups in total. The molecule has 0 spiro atoms. The second-order valence-electron chi connectivity index (χ2n) is 4.13. The molecule has 3 nitrogen and oxygen atoms in total. The average molecular weight is 191 g/mol. The van der Waals surface area contributed by atoms with Crippen LogP contribution >= 0.6 is 0 Å². The Morgan fingerprint density at radius 1 is 1.50 bits per heavy atom. The Balaban J connectivity index is 2.14. The Morgan fingerprint density at radius 3 is 3.07 bits per heavy atom. The van der Waals surface area contributed by atoms with E-state index in [2.05, 4.69) is 28.0 Å². The van der Waals surface area contributed by atoms with Gasteiger partial charge < -0.3 is 4.90 Å². The van der Waals surface area contributed by atoms with Crippen LogP contribution in [0.1, 0.15) is 30.3 Å². The molecule has 0 bridgehead atoms. The lowest BCUT2D eigenvalue weighted by atomic mass is 9.95. The molecule has 1 aromatic rings. The summed E-state index contributed by atoms with van der Waals surface area (Å²) < 4.78 is 0. The van der Waals surface area contributed by atoms with Gasteiger partial charge in [0, 0.05) is 24.4 Å². The van der Waals surface area contributed by atoms with Gasteiger partial charge in [0.25, 0.3) is 0 Å². The van der Waals surface area contributed by atoms with Gasteiger partial charge in [0.2, 0.25) is 0 Å². The summed E-state index contributed by atoms with van der Waals surface area (Å²) in [5.41, 5.74) is 1.21. The molecule has 1 aliphatic heterocycles. The second-order valence-corrected chi connectivity index (χ2v) is 4.13. The predicted molar refractivity (Wildman–Crippen MR) is 56.2 cm³/mol. The summed E-state index contributed by atoms with van der Waals surface area (Å²) in [6, 6.07) is 2.05. The first kappa shape index (κ1) is 9.59. The molecule has 0 amide bonds. The van der Waals surface area contributed by atoms with E-state index in [0.717, 1.165) is 12.4 Å². The fourth-order valence-corrected chi connectivity index (χ4v) is 2.11. The SMILES string of the molecule is Cc1nccc(C2CCCN(C)C2)n1. The number of hydrogen-bond acceptors (Lipinski definition) is 3. The Bertz CT molecular complexity index is 311. The highest BCUT2D eigenvalue weighted by Crippen LogP contribution is 2.24. The van der Waals surface area contributed by atoms with Crippen molar-refractivity contribution < 1.29 is 0 Å². The highest BCUT2D eigenvalue weighted by molar-refractivity contribution is 5.09. The third kappa shape index (κ3) is 2.10. The van der Waals surface area contributed by atoms with Gasteiger partial charge in [-0.1, -0.05) is 0 Å². The van der Waals surface area contributed by atoms with Gasteiger partial charge in [-0.3, -0.25) is 0 Å². The molecule has 3 heteroatoms. The van der Waals surface area contributed by atoms with Gasteiger partial charge in [-0.2, -0.15) is 0 Å². The fraction of sp³-hybridized carbons (Fsp3) is 0.636. The molecule has 76 valence electrons. The van der Waals surface area contributed by atoms with Crippen molar-refractivity contribution in [2.45, 2.75) is 25.7 Å². The Labute approximate surface area is 85.2 Å². The molecule has 1 aromatic heterocycles. The average Bonchev–Trinajstić information content (AvgIpc) is 2.18. The van der Waals surface area contributed by atoms with Crippen LogP contribution < -0.4 is 0 Å². The largest absolute Gasteiger partial charge is 0.306 e. The smallest absolute Gasteiger partial charge is 0.125 e. The van der Waals surface area contributed by atoms with Crippen molar-refractivity contribution in [3.63, 3.8) is 0 Å². The molecular weight excluding hydrogens is 174 g/mol. The maximum atomic E-state index is 4.49. The molecule has 1 fully saturated rings. The topological polar surface area (TPSA) is 29.0 Å². The summed E-state index contributed by atoms with van der Waals surface area (Å²) in [5, 5.41) is 0. The van der Waals surface area contributed by atoms with Crippen molar-refractivity contribution in [2.75, 3.05) is 20.1 Å². The zero-order valence-electron chi connectivity index (χ0n) is 8.90. The quantitative estimate of drug-likeness (QED) is 0.675. The highest BCUT2D eigenvalue weighted by Gasteiger charge is 2.19. The van der Waals surface area contributed by atoms with Gasteiger partial charge in [0.1, 0.15) is 5.82 Å². The van der Waals surface area contributed by atoms with Gasteiger partial charge in [0.15, 0.2) is 0 Å². The van der Waals surface area contributed by atoms with Gasteiger partial charge >= 0.3 is 0 Å². The van der Waals surface area contributed by atoms with Crippen molar-refractivity contribution in [1.82, 2.24) is 14.9 Å². The number of hydrogen-bond donors (Lipinski definition) is 0. The molecule has 2 heterocycles. The van der Waals surface area contributed by atoms with Crippen molar-refractivity contribution >= 4 is 0 Å². The molecule has 0 aliphatic carbocycles. The third-order valence-electron chi connectivity index (χ3n) is 2.84. The van der Waals surface area contributed by atoms with E-state index < -0.39 is 0 Å². The molecular formula is C11H17N3. The molecule has 1 saturated heterocycles. The standard InChI is InChI=1S/C11H17N3/c1-9-12-6-5-11(13-9)10-4-3-7-14(2)8-10/h5-6,10H,3-4,7-8H2,1-2H3. The first-order valence-electron chi connectivity index (χ1n) is 5.24. The van der Waals surface area contributed by atoms with E-state index in [1.807, 2.05) is 13.1 Å². The van der Waals surface area contributed by atoms with Crippen LogP contribution in [0.2, 0.25) is 0 Å². The number of aromatic nitrogens is 2. The minimum atomic E-state index is 0.607. The first-order chi connectivity index (χ1) is 6.75. The van der Waals surface area contributed by atoms with Crippen LogP contribution in [0.3, 0.4) is 0 Å². The van der Waals surface area contributed by atoms with Crippen LogP contribution in [-0.4, -0.2) is 35.0 Å². The fourth-order valence-electron chi connectivity index (χ4n) is 2.11. The minimum Gasteiger partial charge on any atom is -0.306 e. The van der Waals surface area contributed by atoms with E-state index in [0.29, 0.717) is 5.92 Å². The molecule has 14 heavy (non-hydrogen) atoms. The van der Waals surface area contributed by atoms with Crippen molar-refractivity contribution in [3.8, 4) is 0 Å². The van der Waals surface area contributed by atoms with Crippen molar-refractivity contribution in [2.24, 2.45) is 0 Å². The summed E-state index contributed by atoms with van der Waals surface area (Å²) in [5.74, 6) is 1.49. The summed E-state index contributed by atoms with van der Waals surface area (Å²) in [6.07, 6.45) is 4.41. The van der Waals surface area contributed by atoms with Crippen LogP contribution in [0.15, 0.2) is 12.3 Å². The zero-order chi connectivity index (χ0) is 9.97. The minimum absolute atomic E-state index is 0.607. The molecule has 1 unspecified atom stereocenters. The van der Waals surface area contributed by atoms with Crippen LogP contribution in [0.5, 0.6) is 0 Å². The summed E-state index contributed by atoms with van der Waals surface area (Å²) in [4.78, 5) is 11.0. The van der Waals surface area contributed by atoms with E-state index in [1.165, 1.54) is 25.1 Å². The summed E-state index contributed by atoms with van der Waals surface area (Å²) >= 11 is 0. The summed E-state index contributed by atoms with van der Waals surface area (Å²) in [7, 11) is 2.18. The van der Waals surface area contributed by atoms with E-state index >= 15 is 0 Å². The van der Waals surface area contributed by atoms with Gasteiger partial charge in [-0.25, -0.2) is 9.97 Å². The molecule has 1 atom stereocenters. The number of likely N-dealkylation sites (N-methyl/N-ethyl adjacent to an activating group) is 1. The lowest BCUT2D eigenvalue weighted by Gasteiger charge is -2.29. The number of aryl methyl sites for hydroxylation is 1. The molecule has 2 rings (SSSR count). The lowest BCUT2D eigenvalue weighted by molar-refractivity contribution is 0.248. The van der Waals surface area contributed by atoms with Crippen LogP contribution in [0.25, 0.3) is 0 Å². The Kier molecular flexibility index (Phi) is 2.77. The Morgan fingerprint density at radius 2 is 2.36 bits per heavy atom. The number of piperidine rings is 1. The van der Waals surface area contributed by atoms with Gasteiger partial charge in [-0.15, -0.1) is 0 Å².